The van der Waals surface area contributed by atoms with Crippen LogP contribution in [-0.2, 0) is 33.3 Å². The molecule has 2 rings (SSSR count). The molecule has 2 fully saturated rings. The van der Waals surface area contributed by atoms with Crippen molar-refractivity contribution in [2.75, 3.05) is 0 Å². The Morgan fingerprint density at radius 1 is 0.333 bits per heavy atom. The standard InChI is InChI=1S/C22F34O7/c23-3(24)1(7(27,5(57)9(29,30)31)11(35)13(37,17(41,42)43)62-21(53,54)15(39,60-11)19(47,48)49)59-2(4(25)26)8(28,6(58)10(32,33)34)12(36)14(38,18(44,45)46)63-22(55,56)16(40,61-12)20(50,51)52. The number of alkyl halides is 30. The molecular formula is C22F34O7. The molecule has 2 heterocycles. The number of rotatable bonds is 8. The summed E-state index contributed by atoms with van der Waals surface area (Å²) in [5.41, 5.74) is -18.6. The summed E-state index contributed by atoms with van der Waals surface area (Å²) in [4.78, 5) is 23.9. The van der Waals surface area contributed by atoms with Gasteiger partial charge in [0.15, 0.2) is 0 Å². The van der Waals surface area contributed by atoms with Crippen molar-refractivity contribution in [3.05, 3.63) is 23.7 Å². The van der Waals surface area contributed by atoms with Crippen molar-refractivity contribution in [1.82, 2.24) is 0 Å². The van der Waals surface area contributed by atoms with Gasteiger partial charge < -0.3 is 4.74 Å². The van der Waals surface area contributed by atoms with E-state index in [2.05, 4.69) is 0 Å². The number of ketones is 2. The van der Waals surface area contributed by atoms with Gasteiger partial charge in [0, 0.05) is 0 Å². The van der Waals surface area contributed by atoms with Crippen LogP contribution in [-0.4, -0.2) is 107 Å². The van der Waals surface area contributed by atoms with Crippen LogP contribution >= 0.6 is 0 Å². The second kappa shape index (κ2) is 14.3. The molecule has 0 bridgehead atoms. The SMILES string of the molecule is O=C(C(F)(F)F)C(F)(C(OC(=C(F)F)C(F)(C(=O)C(F)(F)F)C1(F)OC(F)(C(F)(F)F)C(F)(F)OC1(F)C(F)(F)F)=C(F)F)C1(F)OC(F)(C(F)(F)F)C(F)(F)OC1(F)C(F)(F)F. The van der Waals surface area contributed by atoms with Crippen molar-refractivity contribution in [3.8, 4) is 0 Å². The van der Waals surface area contributed by atoms with E-state index < -0.39 is 131 Å². The molecule has 0 saturated carbocycles. The van der Waals surface area contributed by atoms with Crippen LogP contribution in [0.4, 0.5) is 149 Å². The fraction of sp³-hybridized carbons (Fsp3) is 0.727. The molecule has 0 spiro atoms. The number of carbonyl (C=O) groups is 2. The summed E-state index contributed by atoms with van der Waals surface area (Å²) >= 11 is 0. The normalized spacial score (nSPS) is 34.0. The van der Waals surface area contributed by atoms with Gasteiger partial charge in [-0.15, -0.1) is 0 Å². The number of hydrogen-bond donors (Lipinski definition) is 0. The predicted molar refractivity (Wildman–Crippen MR) is 111 cm³/mol. The molecule has 2 aliphatic rings. The molecule has 63 heavy (non-hydrogen) atoms. The molecule has 0 amide bonds. The van der Waals surface area contributed by atoms with Crippen LogP contribution in [0, 0.1) is 0 Å². The summed E-state index contributed by atoms with van der Waals surface area (Å²) < 4.78 is 487. The Labute approximate surface area is 315 Å². The zero-order chi connectivity index (χ0) is 51.0. The smallest absolute Gasteiger partial charge is 0.446 e. The molecule has 7 nitrogen and oxygen atoms in total. The summed E-state index contributed by atoms with van der Waals surface area (Å²) in [6.45, 7) is 0. The number of Topliss-reactive ketones (excluding diaryl/α,β-unsaturated/α-hetero) is 2. The third kappa shape index (κ3) is 7.31. The van der Waals surface area contributed by atoms with E-state index in [4.69, 9.17) is 0 Å². The summed E-state index contributed by atoms with van der Waals surface area (Å²) in [7, 11) is 0. The number of ether oxygens (including phenoxy) is 5. The molecule has 0 aliphatic carbocycles. The second-order valence-corrected chi connectivity index (χ2v) is 11.3. The Kier molecular flexibility index (Phi) is 12.5. The highest BCUT2D eigenvalue weighted by Gasteiger charge is 2.98. The van der Waals surface area contributed by atoms with Crippen LogP contribution in [0.15, 0.2) is 23.7 Å². The van der Waals surface area contributed by atoms with Crippen molar-refractivity contribution in [2.24, 2.45) is 0 Å². The maximum absolute atomic E-state index is 16.3. The first-order valence-electron chi connectivity index (χ1n) is 13.4. The Balaban J connectivity index is 3.53. The molecule has 41 heteroatoms. The first kappa shape index (κ1) is 55.2. The molecule has 8 atom stereocenters. The molecule has 8 unspecified atom stereocenters. The predicted octanol–water partition coefficient (Wildman–Crippen LogP) is 10.4. The van der Waals surface area contributed by atoms with E-state index in [1.807, 2.05) is 4.74 Å². The second-order valence-electron chi connectivity index (χ2n) is 11.3. The summed E-state index contributed by atoms with van der Waals surface area (Å²) in [5.74, 6) is -79.0. The third-order valence-electron chi connectivity index (χ3n) is 7.33. The minimum atomic E-state index is -9.35. The lowest BCUT2D eigenvalue weighted by molar-refractivity contribution is -0.608. The number of halogens is 34. The molecule has 2 saturated heterocycles. The Hall–Kier alpha value is -3.92. The zero-order valence-electron chi connectivity index (χ0n) is 26.7. The van der Waals surface area contributed by atoms with Gasteiger partial charge in [-0.25, -0.2) is 17.6 Å². The fourth-order valence-corrected chi connectivity index (χ4v) is 4.52. The Morgan fingerprint density at radius 3 is 0.698 bits per heavy atom. The van der Waals surface area contributed by atoms with Gasteiger partial charge in [-0.05, 0) is 0 Å². The van der Waals surface area contributed by atoms with Crippen LogP contribution in [0.5, 0.6) is 0 Å². The summed E-state index contributed by atoms with van der Waals surface area (Å²) in [6, 6.07) is 0. The van der Waals surface area contributed by atoms with Crippen molar-refractivity contribution >= 4 is 11.6 Å². The molecule has 2 aliphatic heterocycles. The minimum Gasteiger partial charge on any atom is -0.446 e. The van der Waals surface area contributed by atoms with E-state index in [1.165, 1.54) is 18.9 Å². The van der Waals surface area contributed by atoms with Gasteiger partial charge in [0.1, 0.15) is 0 Å². The van der Waals surface area contributed by atoms with Gasteiger partial charge in [-0.3, -0.25) is 28.5 Å². The van der Waals surface area contributed by atoms with Gasteiger partial charge in [0.25, 0.3) is 11.6 Å². The monoisotopic (exact) mass is 1020 g/mol. The number of hydrogen-bond acceptors (Lipinski definition) is 7. The quantitative estimate of drug-likeness (QED) is 0.177. The lowest BCUT2D eigenvalue weighted by Crippen LogP contribution is -2.83. The molecular weight excluding hydrogens is 1020 g/mol. The zero-order valence-corrected chi connectivity index (χ0v) is 26.7. The number of carbonyl (C=O) groups excluding carboxylic acids is 2. The average Bonchev–Trinajstić information content (AvgIpc) is 3.01. The van der Waals surface area contributed by atoms with E-state index in [-0.39, 0.29) is 0 Å². The molecule has 0 aromatic heterocycles. The van der Waals surface area contributed by atoms with E-state index in [9.17, 15) is 133 Å². The lowest BCUT2D eigenvalue weighted by Gasteiger charge is -2.54. The molecule has 0 radical (unpaired) electrons. The van der Waals surface area contributed by atoms with Crippen LogP contribution in [0.2, 0.25) is 0 Å². The average molecular weight is 1020 g/mol. The van der Waals surface area contributed by atoms with Crippen LogP contribution in [0.25, 0.3) is 0 Å². The third-order valence-corrected chi connectivity index (χ3v) is 7.33. The van der Waals surface area contributed by atoms with Gasteiger partial charge in [-0.1, -0.05) is 0 Å². The first-order chi connectivity index (χ1) is 27.0. The van der Waals surface area contributed by atoms with Crippen LogP contribution in [0.1, 0.15) is 0 Å². The largest absolute Gasteiger partial charge is 0.458 e. The van der Waals surface area contributed by atoms with Crippen molar-refractivity contribution < 1.29 is 183 Å². The van der Waals surface area contributed by atoms with Gasteiger partial charge >= 0.3 is 108 Å². The highest BCUT2D eigenvalue weighted by Crippen LogP contribution is 2.69. The summed E-state index contributed by atoms with van der Waals surface area (Å²) in [6.07, 6.45) is -80.0. The summed E-state index contributed by atoms with van der Waals surface area (Å²) in [5, 5.41) is 0. The molecule has 368 valence electrons. The highest BCUT2D eigenvalue weighted by molar-refractivity contribution is 5.97. The van der Waals surface area contributed by atoms with Crippen molar-refractivity contribution in [2.45, 2.75) is 95.7 Å². The van der Waals surface area contributed by atoms with Gasteiger partial charge in [-0.2, -0.15) is 132 Å². The van der Waals surface area contributed by atoms with Crippen molar-refractivity contribution in [1.29, 1.82) is 0 Å². The maximum Gasteiger partial charge on any atom is 0.458 e. The van der Waals surface area contributed by atoms with Crippen LogP contribution in [0.3, 0.4) is 0 Å². The molecule has 0 aromatic rings. The fourth-order valence-electron chi connectivity index (χ4n) is 4.52. The van der Waals surface area contributed by atoms with E-state index in [1.54, 1.807) is 0 Å². The van der Waals surface area contributed by atoms with E-state index in [0.717, 1.165) is 0 Å². The minimum absolute atomic E-state index is 1.35. The Bertz CT molecular complexity index is 1770. The van der Waals surface area contributed by atoms with Crippen LogP contribution < -0.4 is 0 Å². The molecule has 0 N–H and O–H groups in total. The highest BCUT2D eigenvalue weighted by atomic mass is 19.4. The lowest BCUT2D eigenvalue weighted by atomic mass is 9.80. The van der Waals surface area contributed by atoms with E-state index in [0.29, 0.717) is 0 Å². The van der Waals surface area contributed by atoms with Crippen molar-refractivity contribution in [3.63, 3.8) is 0 Å². The first-order valence-corrected chi connectivity index (χ1v) is 13.4. The maximum atomic E-state index is 16.3. The Morgan fingerprint density at radius 2 is 0.540 bits per heavy atom. The van der Waals surface area contributed by atoms with Gasteiger partial charge in [0.2, 0.25) is 11.5 Å². The molecule has 0 aromatic carbocycles. The van der Waals surface area contributed by atoms with Gasteiger partial charge in [0.05, 0.1) is 0 Å². The van der Waals surface area contributed by atoms with E-state index >= 15 is 26.3 Å². The topological polar surface area (TPSA) is 80.3 Å².